The van der Waals surface area contributed by atoms with Crippen LogP contribution in [0.3, 0.4) is 0 Å². The Morgan fingerprint density at radius 1 is 0.945 bits per heavy atom. The second-order valence-corrected chi connectivity index (χ2v) is 19.1. The zero-order chi connectivity index (χ0) is 38.4. The molecule has 4 aliphatic carbocycles. The molecule has 1 N–H and O–H groups in total. The van der Waals surface area contributed by atoms with Gasteiger partial charge in [-0.2, -0.15) is 0 Å². The van der Waals surface area contributed by atoms with E-state index < -0.39 is 0 Å². The van der Waals surface area contributed by atoms with Gasteiger partial charge in [0, 0.05) is 29.0 Å². The molecule has 1 fully saturated rings. The van der Waals surface area contributed by atoms with E-state index in [-0.39, 0.29) is 23.6 Å². The van der Waals surface area contributed by atoms with Gasteiger partial charge in [-0.05, 0) is 143 Å². The van der Waals surface area contributed by atoms with Crippen LogP contribution >= 0.6 is 0 Å². The molecule has 0 radical (unpaired) electrons. The minimum Gasteiger partial charge on any atom is -0.470 e. The number of hydrogen-bond acceptors (Lipinski definition) is 3. The summed E-state index contributed by atoms with van der Waals surface area (Å²) in [5.41, 5.74) is 17.5. The van der Waals surface area contributed by atoms with E-state index in [0.717, 1.165) is 17.7 Å². The average Bonchev–Trinajstić information content (AvgIpc) is 3.59. The van der Waals surface area contributed by atoms with Crippen molar-refractivity contribution < 1.29 is 4.42 Å². The zero-order valence-corrected chi connectivity index (χ0v) is 34.4. The molecule has 1 saturated carbocycles. The molecule has 0 amide bonds. The second-order valence-electron chi connectivity index (χ2n) is 19.1. The number of allylic oxidation sites excluding steroid dienone is 6. The third-order valence-corrected chi connectivity index (χ3v) is 14.3. The van der Waals surface area contributed by atoms with Gasteiger partial charge in [-0.1, -0.05) is 115 Å². The highest BCUT2D eigenvalue weighted by atomic mass is 16.3. The molecule has 4 aromatic rings. The predicted molar refractivity (Wildman–Crippen MR) is 236 cm³/mol. The molecular weight excluding hydrogens is 667 g/mol. The summed E-state index contributed by atoms with van der Waals surface area (Å²) < 4.78 is 7.23. The zero-order valence-electron chi connectivity index (χ0n) is 34.4. The van der Waals surface area contributed by atoms with Crippen LogP contribution in [0.5, 0.6) is 0 Å². The summed E-state index contributed by atoms with van der Waals surface area (Å²) in [6, 6.07) is 23.1. The first-order chi connectivity index (χ1) is 26.3. The van der Waals surface area contributed by atoms with Gasteiger partial charge in [0.15, 0.2) is 0 Å². The van der Waals surface area contributed by atoms with Gasteiger partial charge < -0.3 is 14.6 Å². The smallest absolute Gasteiger partial charge is 0.293 e. The Labute approximate surface area is 330 Å². The van der Waals surface area contributed by atoms with Gasteiger partial charge in [-0.25, -0.2) is 0 Å². The van der Waals surface area contributed by atoms with E-state index in [4.69, 9.17) is 4.42 Å². The van der Waals surface area contributed by atoms with Crippen molar-refractivity contribution in [1.82, 2.24) is 0 Å². The highest BCUT2D eigenvalue weighted by molar-refractivity contribution is 6.93. The number of aryl methyl sites for hydroxylation is 1. The fraction of sp³-hybridized carbons (Fsp3) is 0.412. The van der Waals surface area contributed by atoms with Gasteiger partial charge in [0.25, 0.3) is 6.71 Å². The summed E-state index contributed by atoms with van der Waals surface area (Å²) in [6.07, 6.45) is 18.0. The first-order valence-electron chi connectivity index (χ1n) is 21.1. The van der Waals surface area contributed by atoms with Crippen LogP contribution < -0.4 is 21.3 Å². The highest BCUT2D eigenvalue weighted by Gasteiger charge is 2.47. The van der Waals surface area contributed by atoms with Gasteiger partial charge in [0.1, 0.15) is 5.58 Å². The number of hydrogen-bond donors (Lipinski definition) is 1. The third kappa shape index (κ3) is 6.01. The quantitative estimate of drug-likeness (QED) is 0.158. The molecular formula is C51H59BN2O. The Balaban J connectivity index is 1.28. The Bertz CT molecular complexity index is 2260. The van der Waals surface area contributed by atoms with E-state index in [1.807, 2.05) is 6.08 Å². The number of rotatable bonds is 6. The van der Waals surface area contributed by atoms with Gasteiger partial charge in [-0.15, -0.1) is 6.58 Å². The number of nitrogens with one attached hydrogen (secondary N) is 1. The molecule has 5 unspecified atom stereocenters. The Morgan fingerprint density at radius 2 is 1.69 bits per heavy atom. The molecule has 1 aromatic heterocycles. The van der Waals surface area contributed by atoms with Crippen molar-refractivity contribution >= 4 is 45.8 Å². The van der Waals surface area contributed by atoms with Crippen molar-refractivity contribution in [2.45, 2.75) is 104 Å². The molecule has 0 spiro atoms. The van der Waals surface area contributed by atoms with Crippen LogP contribution in [-0.4, -0.2) is 19.3 Å². The minimum absolute atomic E-state index is 0.0317. The fourth-order valence-electron chi connectivity index (χ4n) is 11.0. The first kappa shape index (κ1) is 36.2. The molecule has 0 bridgehead atoms. The SMILES string of the molecule is C=CCNc1cc(C)cc2c1B(c1cc3cc4c(cc3o1)C(C)(C)CCC4(C)C)C1=C(CC3C(=C1)C(C)CCC3C)N2C1C=CC(c2ccccc2)=CC1C. The van der Waals surface area contributed by atoms with E-state index in [1.54, 1.807) is 5.57 Å². The van der Waals surface area contributed by atoms with Crippen molar-refractivity contribution in [3.63, 3.8) is 0 Å². The van der Waals surface area contributed by atoms with Crippen LogP contribution in [0, 0.1) is 30.6 Å². The number of fused-ring (bicyclic) bond motifs is 4. The maximum absolute atomic E-state index is 7.23. The standard InChI is InChI=1S/C51H59BN2O/c1-10-22-53-43-23-31(2)24-46-49(43)52(48-27-37-26-40-41(30-47(37)55-48)51(8,9)21-20-50(40,6)7)42-28-38-32(3)16-17-33(4)39(38)29-45(42)54(46)44-19-18-36(25-34(44)5)35-14-12-11-13-15-35/h10-15,18-19,23-28,30,32-34,39,44,53H,1,16-17,20-22,29H2,2-9H3. The average molecular weight is 727 g/mol. The molecule has 5 atom stereocenters. The van der Waals surface area contributed by atoms with E-state index in [1.165, 1.54) is 86.9 Å². The first-order valence-corrected chi connectivity index (χ1v) is 21.1. The number of nitrogens with zero attached hydrogens (tertiary/aromatic N) is 1. The molecule has 5 aliphatic rings. The summed E-state index contributed by atoms with van der Waals surface area (Å²) in [4.78, 5) is 2.76. The maximum Gasteiger partial charge on any atom is 0.293 e. The summed E-state index contributed by atoms with van der Waals surface area (Å²) in [7, 11) is 0. The molecule has 9 rings (SSSR count). The van der Waals surface area contributed by atoms with E-state index in [0.29, 0.717) is 30.2 Å². The number of benzene rings is 3. The lowest BCUT2D eigenvalue weighted by Gasteiger charge is -2.49. The van der Waals surface area contributed by atoms with Crippen LogP contribution in [0.15, 0.2) is 119 Å². The summed E-state index contributed by atoms with van der Waals surface area (Å²) in [6.45, 7) is 24.1. The van der Waals surface area contributed by atoms with Crippen LogP contribution in [0.2, 0.25) is 0 Å². The van der Waals surface area contributed by atoms with Gasteiger partial charge in [0.05, 0.1) is 11.7 Å². The van der Waals surface area contributed by atoms with E-state index in [9.17, 15) is 0 Å². The normalized spacial score (nSPS) is 26.4. The molecule has 55 heavy (non-hydrogen) atoms. The lowest BCUT2D eigenvalue weighted by atomic mass is 9.35. The monoisotopic (exact) mass is 726 g/mol. The second kappa shape index (κ2) is 13.4. The third-order valence-electron chi connectivity index (χ3n) is 14.3. The summed E-state index contributed by atoms with van der Waals surface area (Å²) in [5, 5.41) is 5.06. The van der Waals surface area contributed by atoms with Crippen molar-refractivity contribution in [2.24, 2.45) is 23.7 Å². The van der Waals surface area contributed by atoms with Crippen molar-refractivity contribution in [3.8, 4) is 0 Å². The predicted octanol–water partition coefficient (Wildman–Crippen LogP) is 11.6. The van der Waals surface area contributed by atoms with Gasteiger partial charge in [0.2, 0.25) is 0 Å². The molecule has 1 aliphatic heterocycles. The van der Waals surface area contributed by atoms with E-state index in [2.05, 4.69) is 157 Å². The number of furan rings is 1. The van der Waals surface area contributed by atoms with Crippen LogP contribution in [-0.2, 0) is 10.8 Å². The lowest BCUT2D eigenvalue weighted by Crippen LogP contribution is -2.56. The molecule has 3 aromatic carbocycles. The molecule has 3 nitrogen and oxygen atoms in total. The molecule has 2 heterocycles. The number of anilines is 2. The van der Waals surface area contributed by atoms with Crippen LogP contribution in [0.1, 0.15) is 103 Å². The molecule has 282 valence electrons. The maximum atomic E-state index is 7.23. The Hall–Kier alpha value is -4.44. The minimum atomic E-state index is -0.0317. The van der Waals surface area contributed by atoms with Gasteiger partial charge >= 0.3 is 0 Å². The van der Waals surface area contributed by atoms with Gasteiger partial charge in [-0.3, -0.25) is 0 Å². The van der Waals surface area contributed by atoms with Crippen LogP contribution in [0.25, 0.3) is 16.5 Å². The summed E-state index contributed by atoms with van der Waals surface area (Å²) >= 11 is 0. The molecule has 4 heteroatoms. The van der Waals surface area contributed by atoms with Crippen molar-refractivity contribution in [1.29, 1.82) is 0 Å². The summed E-state index contributed by atoms with van der Waals surface area (Å²) in [5.74, 6) is 2.11. The van der Waals surface area contributed by atoms with E-state index >= 15 is 0 Å². The molecule has 0 saturated heterocycles. The highest BCUT2D eigenvalue weighted by Crippen LogP contribution is 2.51. The largest absolute Gasteiger partial charge is 0.470 e. The van der Waals surface area contributed by atoms with Crippen LogP contribution in [0.4, 0.5) is 11.4 Å². The van der Waals surface area contributed by atoms with Crippen molar-refractivity contribution in [3.05, 3.63) is 137 Å². The fourth-order valence-corrected chi connectivity index (χ4v) is 11.0. The van der Waals surface area contributed by atoms with Crippen molar-refractivity contribution in [2.75, 3.05) is 16.8 Å². The Kier molecular flexibility index (Phi) is 8.79. The topological polar surface area (TPSA) is 28.4 Å². The Morgan fingerprint density at radius 3 is 2.42 bits per heavy atom. The lowest BCUT2D eigenvalue weighted by molar-refractivity contribution is 0.277.